The summed E-state index contributed by atoms with van der Waals surface area (Å²) < 4.78 is 38.1. The van der Waals surface area contributed by atoms with Gasteiger partial charge in [-0.05, 0) is 89.5 Å². The van der Waals surface area contributed by atoms with Gasteiger partial charge < -0.3 is 21.1 Å². The zero-order valence-electron chi connectivity index (χ0n) is 29.5. The lowest BCUT2D eigenvalue weighted by molar-refractivity contribution is -0.133. The monoisotopic (exact) mass is 700 g/mol. The quantitative estimate of drug-likeness (QED) is 0.265. The Labute approximate surface area is 290 Å². The first-order valence-corrected chi connectivity index (χ1v) is 19.1. The van der Waals surface area contributed by atoms with Crippen molar-refractivity contribution in [3.05, 3.63) is 71.5 Å². The van der Waals surface area contributed by atoms with Gasteiger partial charge in [-0.25, -0.2) is 12.8 Å². The van der Waals surface area contributed by atoms with E-state index < -0.39 is 62.0 Å². The van der Waals surface area contributed by atoms with Crippen molar-refractivity contribution in [1.82, 2.24) is 20.9 Å². The highest BCUT2D eigenvalue weighted by Gasteiger charge is 2.46. The van der Waals surface area contributed by atoms with Crippen LogP contribution in [-0.2, 0) is 25.8 Å². The number of likely N-dealkylation sites (tertiary alicyclic amines) is 1. The lowest BCUT2D eigenvalue weighted by atomic mass is 9.72. The molecule has 2 aromatic carbocycles. The fourth-order valence-corrected chi connectivity index (χ4v) is 7.62. The first-order valence-electron chi connectivity index (χ1n) is 17.2. The molecule has 6 unspecified atom stereocenters. The molecule has 1 saturated carbocycles. The van der Waals surface area contributed by atoms with Crippen molar-refractivity contribution in [2.24, 2.45) is 11.8 Å². The molecule has 2 aliphatic rings. The van der Waals surface area contributed by atoms with E-state index in [4.69, 9.17) is 0 Å². The molecule has 0 spiro atoms. The Kier molecular flexibility index (Phi) is 12.3. The SMILES string of the molecule is CC(C)(C)NC(=O)C1CC2CCCCC2CN1CC(O)C(Cc1ccccc1)NC(=O)C(NC(=O)c1cccc(F)c1)C(C)(C)S(C)(=O)=O. The molecule has 2 fully saturated rings. The Hall–Kier alpha value is -3.35. The molecule has 2 aromatic rings. The van der Waals surface area contributed by atoms with Crippen LogP contribution in [0.4, 0.5) is 4.39 Å². The van der Waals surface area contributed by atoms with Crippen molar-refractivity contribution in [3.63, 3.8) is 0 Å². The molecule has 4 rings (SSSR count). The topological polar surface area (TPSA) is 145 Å². The number of nitrogens with one attached hydrogen (secondary N) is 3. The second-order valence-electron chi connectivity index (χ2n) is 15.4. The number of rotatable bonds is 12. The molecule has 12 heteroatoms. The summed E-state index contributed by atoms with van der Waals surface area (Å²) in [7, 11) is -3.93. The zero-order chi connectivity index (χ0) is 36.1. The van der Waals surface area contributed by atoms with Crippen molar-refractivity contribution in [2.45, 2.75) is 108 Å². The molecule has 3 amide bonds. The number of fused-ring (bicyclic) bond motifs is 1. The smallest absolute Gasteiger partial charge is 0.252 e. The molecule has 1 saturated heterocycles. The number of aliphatic hydroxyl groups excluding tert-OH is 1. The van der Waals surface area contributed by atoms with Gasteiger partial charge in [0, 0.05) is 30.4 Å². The minimum absolute atomic E-state index is 0.0753. The zero-order valence-corrected chi connectivity index (χ0v) is 30.4. The molecular formula is C37H53FN4O6S. The van der Waals surface area contributed by atoms with Crippen LogP contribution < -0.4 is 16.0 Å². The first-order chi connectivity index (χ1) is 22.9. The van der Waals surface area contributed by atoms with Crippen molar-refractivity contribution in [3.8, 4) is 0 Å². The first kappa shape index (κ1) is 38.5. The Morgan fingerprint density at radius 3 is 2.22 bits per heavy atom. The van der Waals surface area contributed by atoms with Crippen LogP contribution in [0.2, 0.25) is 0 Å². The Morgan fingerprint density at radius 2 is 1.61 bits per heavy atom. The predicted molar refractivity (Wildman–Crippen MR) is 188 cm³/mol. The highest BCUT2D eigenvalue weighted by atomic mass is 32.2. The van der Waals surface area contributed by atoms with Crippen LogP contribution in [0.15, 0.2) is 54.6 Å². The standard InChI is InChI=1S/C37H53FN4O6S/c1-36(2,3)41-34(45)30-21-25-15-10-11-16-27(25)22-42(30)23-31(43)29(19-24-13-8-7-9-14-24)39-35(46)32(37(4,5)49(6,47)48)40-33(44)26-17-12-18-28(38)20-26/h7-9,12-14,17-18,20,25,27,29-32,43H,10-11,15-16,19,21-23H2,1-6H3,(H,39,46)(H,40,44)(H,41,45). The largest absolute Gasteiger partial charge is 0.390 e. The molecule has 0 aromatic heterocycles. The average molecular weight is 701 g/mol. The summed E-state index contributed by atoms with van der Waals surface area (Å²) >= 11 is 0. The number of amides is 3. The molecule has 6 atom stereocenters. The molecule has 1 heterocycles. The van der Waals surface area contributed by atoms with Crippen molar-refractivity contribution >= 4 is 27.6 Å². The maximum atomic E-state index is 14.1. The molecule has 4 N–H and O–H groups in total. The van der Waals surface area contributed by atoms with Gasteiger partial charge in [0.25, 0.3) is 5.91 Å². The number of carbonyl (C=O) groups is 3. The molecule has 49 heavy (non-hydrogen) atoms. The number of carbonyl (C=O) groups excluding carboxylic acids is 3. The number of piperidine rings is 1. The number of β-amino-alcohol motifs (C(OH)–C–C–N with tert-alkyl or cyclic N) is 1. The van der Waals surface area contributed by atoms with Crippen LogP contribution >= 0.6 is 0 Å². The predicted octanol–water partition coefficient (Wildman–Crippen LogP) is 3.63. The van der Waals surface area contributed by atoms with Crippen LogP contribution in [0.5, 0.6) is 0 Å². The van der Waals surface area contributed by atoms with E-state index in [2.05, 4.69) is 16.0 Å². The Morgan fingerprint density at radius 1 is 0.959 bits per heavy atom. The van der Waals surface area contributed by atoms with Crippen LogP contribution in [0.25, 0.3) is 0 Å². The van der Waals surface area contributed by atoms with Crippen molar-refractivity contribution in [2.75, 3.05) is 19.3 Å². The minimum atomic E-state index is -3.93. The van der Waals surface area contributed by atoms with Crippen molar-refractivity contribution in [1.29, 1.82) is 0 Å². The summed E-state index contributed by atoms with van der Waals surface area (Å²) in [6, 6.07) is 11.2. The number of sulfone groups is 1. The summed E-state index contributed by atoms with van der Waals surface area (Å²) in [4.78, 5) is 43.0. The van der Waals surface area contributed by atoms with E-state index in [1.807, 2.05) is 56.0 Å². The third-order valence-electron chi connectivity index (χ3n) is 10.1. The molecule has 0 radical (unpaired) electrons. The minimum Gasteiger partial charge on any atom is -0.390 e. The van der Waals surface area contributed by atoms with Gasteiger partial charge in [-0.1, -0.05) is 55.7 Å². The van der Waals surface area contributed by atoms with E-state index in [0.29, 0.717) is 24.8 Å². The third kappa shape index (κ3) is 10.1. The van der Waals surface area contributed by atoms with Gasteiger partial charge in [-0.15, -0.1) is 0 Å². The Balaban J connectivity index is 1.63. The van der Waals surface area contributed by atoms with Gasteiger partial charge in [-0.3, -0.25) is 19.3 Å². The van der Waals surface area contributed by atoms with Gasteiger partial charge in [0.1, 0.15) is 11.9 Å². The highest BCUT2D eigenvalue weighted by molar-refractivity contribution is 7.92. The van der Waals surface area contributed by atoms with E-state index in [1.165, 1.54) is 32.0 Å². The fourth-order valence-electron chi connectivity index (χ4n) is 7.03. The summed E-state index contributed by atoms with van der Waals surface area (Å²) in [6.45, 7) is 9.22. The summed E-state index contributed by atoms with van der Waals surface area (Å²) in [5.74, 6) is -1.55. The lowest BCUT2D eigenvalue weighted by Gasteiger charge is -2.47. The second-order valence-corrected chi connectivity index (χ2v) is 18.0. The van der Waals surface area contributed by atoms with E-state index in [0.717, 1.165) is 43.6 Å². The maximum absolute atomic E-state index is 14.1. The van der Waals surface area contributed by atoms with Crippen molar-refractivity contribution < 1.29 is 32.3 Å². The molecule has 1 aliphatic heterocycles. The average Bonchev–Trinajstić information content (AvgIpc) is 3.01. The Bertz CT molecular complexity index is 1580. The van der Waals surface area contributed by atoms with E-state index in [9.17, 15) is 32.3 Å². The fraction of sp³-hybridized carbons (Fsp3) is 0.595. The van der Waals surface area contributed by atoms with Gasteiger partial charge in [-0.2, -0.15) is 0 Å². The molecule has 1 aliphatic carbocycles. The number of nitrogens with zero attached hydrogens (tertiary/aromatic N) is 1. The van der Waals surface area contributed by atoms with Crippen LogP contribution in [0.3, 0.4) is 0 Å². The van der Waals surface area contributed by atoms with Gasteiger partial charge in [0.05, 0.1) is 22.9 Å². The highest BCUT2D eigenvalue weighted by Crippen LogP contribution is 2.39. The molecular weight excluding hydrogens is 647 g/mol. The number of aliphatic hydroxyl groups is 1. The van der Waals surface area contributed by atoms with Crippen LogP contribution in [0, 0.1) is 17.7 Å². The molecule has 10 nitrogen and oxygen atoms in total. The summed E-state index contributed by atoms with van der Waals surface area (Å²) in [5.41, 5.74) is 0.308. The normalized spacial score (nSPS) is 22.2. The number of benzene rings is 2. The van der Waals surface area contributed by atoms with Gasteiger partial charge in [0.15, 0.2) is 9.84 Å². The van der Waals surface area contributed by atoms with E-state index in [1.54, 1.807) is 0 Å². The third-order valence-corrected chi connectivity index (χ3v) is 12.2. The number of hydrogen-bond donors (Lipinski definition) is 4. The molecule has 270 valence electrons. The van der Waals surface area contributed by atoms with E-state index in [-0.39, 0.29) is 24.4 Å². The van der Waals surface area contributed by atoms with Crippen LogP contribution in [0.1, 0.15) is 82.6 Å². The molecule has 0 bridgehead atoms. The van der Waals surface area contributed by atoms with Gasteiger partial charge in [0.2, 0.25) is 11.8 Å². The van der Waals surface area contributed by atoms with E-state index >= 15 is 0 Å². The summed E-state index contributed by atoms with van der Waals surface area (Å²) in [6.07, 6.45) is 5.12. The second kappa shape index (κ2) is 15.7. The maximum Gasteiger partial charge on any atom is 0.252 e. The number of halogens is 1. The lowest BCUT2D eigenvalue weighted by Crippen LogP contribution is -2.64. The van der Waals surface area contributed by atoms with Gasteiger partial charge >= 0.3 is 0 Å². The summed E-state index contributed by atoms with van der Waals surface area (Å²) in [5, 5.41) is 20.4. The number of hydrogen-bond acceptors (Lipinski definition) is 7. The van der Waals surface area contributed by atoms with Crippen LogP contribution in [-0.4, -0.2) is 90.0 Å².